The van der Waals surface area contributed by atoms with Gasteiger partial charge in [-0.05, 0) is 47.5 Å². The Hall–Kier alpha value is -1.82. The molecule has 0 fully saturated rings. The quantitative estimate of drug-likeness (QED) is 0.855. The molecule has 0 amide bonds. The lowest BCUT2D eigenvalue weighted by atomic mass is 10.2. The molecule has 0 saturated heterocycles. The summed E-state index contributed by atoms with van der Waals surface area (Å²) >= 11 is 3.32. The van der Waals surface area contributed by atoms with E-state index in [1.807, 2.05) is 0 Å². The molecule has 0 atom stereocenters. The molecule has 0 aliphatic heterocycles. The highest BCUT2D eigenvalue weighted by atomic mass is 79.9. The molecule has 1 aromatic heterocycles. The zero-order valence-corrected chi connectivity index (χ0v) is 14.7. The van der Waals surface area contributed by atoms with E-state index in [1.54, 1.807) is 13.2 Å². The minimum Gasteiger partial charge on any atom is -0.381 e. The van der Waals surface area contributed by atoms with Crippen LogP contribution in [0.5, 0.6) is 0 Å². The van der Waals surface area contributed by atoms with E-state index in [1.165, 1.54) is 15.9 Å². The summed E-state index contributed by atoms with van der Waals surface area (Å²) in [6, 6.07) is 8.46. The number of aromatic nitrogens is 2. The molecule has 5 nitrogen and oxygen atoms in total. The largest absolute Gasteiger partial charge is 0.381 e. The van der Waals surface area contributed by atoms with Gasteiger partial charge in [-0.2, -0.15) is 5.10 Å². The number of halogens is 1. The Labute approximate surface area is 139 Å². The van der Waals surface area contributed by atoms with Crippen molar-refractivity contribution in [2.45, 2.75) is 13.8 Å². The Bertz CT molecular complexity index is 699. The minimum absolute atomic E-state index is 0.143. The number of likely N-dealkylation sites (N-methyl/N-ethyl adjacent to an activating group) is 1. The molecule has 6 heteroatoms. The van der Waals surface area contributed by atoms with Crippen LogP contribution >= 0.6 is 15.9 Å². The molecule has 1 aromatic carbocycles. The maximum Gasteiger partial charge on any atom is 0.282 e. The van der Waals surface area contributed by atoms with Crippen LogP contribution in [0.3, 0.4) is 0 Å². The molecule has 2 rings (SSSR count). The molecule has 0 aliphatic carbocycles. The fraction of sp³-hybridized carbons (Fsp3) is 0.375. The van der Waals surface area contributed by atoms with Crippen molar-refractivity contribution >= 4 is 27.3 Å². The van der Waals surface area contributed by atoms with Gasteiger partial charge in [-0.25, -0.2) is 4.68 Å². The lowest BCUT2D eigenvalue weighted by molar-refractivity contribution is 0.703. The molecular weight excluding hydrogens is 344 g/mol. The van der Waals surface area contributed by atoms with Crippen molar-refractivity contribution in [3.8, 4) is 0 Å². The Kier molecular flexibility index (Phi) is 5.60. The summed E-state index contributed by atoms with van der Waals surface area (Å²) in [4.78, 5) is 14.1. The number of rotatable bonds is 6. The van der Waals surface area contributed by atoms with E-state index in [0.29, 0.717) is 4.47 Å². The van der Waals surface area contributed by atoms with Crippen molar-refractivity contribution in [1.82, 2.24) is 9.78 Å². The predicted molar refractivity (Wildman–Crippen MR) is 94.7 cm³/mol. The molecule has 118 valence electrons. The average molecular weight is 365 g/mol. The summed E-state index contributed by atoms with van der Waals surface area (Å²) in [6.45, 7) is 6.74. The van der Waals surface area contributed by atoms with Crippen LogP contribution in [0.2, 0.25) is 0 Å². The maximum atomic E-state index is 11.8. The van der Waals surface area contributed by atoms with Crippen LogP contribution in [0, 0.1) is 6.92 Å². The van der Waals surface area contributed by atoms with Gasteiger partial charge in [0.1, 0.15) is 4.47 Å². The fourth-order valence-corrected chi connectivity index (χ4v) is 2.75. The zero-order chi connectivity index (χ0) is 16.1. The molecule has 0 radical (unpaired) electrons. The van der Waals surface area contributed by atoms with Crippen LogP contribution in [0.4, 0.5) is 11.4 Å². The molecule has 2 aromatic rings. The molecule has 22 heavy (non-hydrogen) atoms. The van der Waals surface area contributed by atoms with Gasteiger partial charge in [0.25, 0.3) is 5.56 Å². The Morgan fingerprint density at radius 2 is 2.18 bits per heavy atom. The highest BCUT2D eigenvalue weighted by molar-refractivity contribution is 9.10. The molecule has 0 unspecified atom stereocenters. The summed E-state index contributed by atoms with van der Waals surface area (Å²) < 4.78 is 1.82. The van der Waals surface area contributed by atoms with Crippen molar-refractivity contribution in [3.05, 3.63) is 50.9 Å². The topological polar surface area (TPSA) is 50.2 Å². The first-order valence-electron chi connectivity index (χ1n) is 7.30. The van der Waals surface area contributed by atoms with Gasteiger partial charge in [-0.3, -0.25) is 4.79 Å². The highest BCUT2D eigenvalue weighted by Gasteiger charge is 2.08. The second-order valence-corrected chi connectivity index (χ2v) is 5.94. The summed E-state index contributed by atoms with van der Waals surface area (Å²) in [5.41, 5.74) is 3.05. The van der Waals surface area contributed by atoms with E-state index >= 15 is 0 Å². The third kappa shape index (κ3) is 3.88. The van der Waals surface area contributed by atoms with Crippen LogP contribution in [0.15, 0.2) is 39.7 Å². The number of hydrogen-bond acceptors (Lipinski definition) is 4. The van der Waals surface area contributed by atoms with Crippen LogP contribution in [0.1, 0.15) is 12.5 Å². The van der Waals surface area contributed by atoms with E-state index < -0.39 is 0 Å². The average Bonchev–Trinajstić information content (AvgIpc) is 2.51. The molecule has 1 N–H and O–H groups in total. The van der Waals surface area contributed by atoms with Gasteiger partial charge < -0.3 is 10.2 Å². The second kappa shape index (κ2) is 7.45. The van der Waals surface area contributed by atoms with Crippen LogP contribution in [-0.2, 0) is 7.05 Å². The number of anilines is 2. The Morgan fingerprint density at radius 1 is 1.41 bits per heavy atom. The van der Waals surface area contributed by atoms with E-state index in [2.05, 4.69) is 69.4 Å². The van der Waals surface area contributed by atoms with Crippen LogP contribution in [-0.4, -0.2) is 29.4 Å². The lowest BCUT2D eigenvalue weighted by Crippen LogP contribution is -2.29. The van der Waals surface area contributed by atoms with Crippen molar-refractivity contribution < 1.29 is 0 Å². The van der Waals surface area contributed by atoms with Crippen LogP contribution < -0.4 is 15.8 Å². The van der Waals surface area contributed by atoms with Crippen molar-refractivity contribution in [3.63, 3.8) is 0 Å². The van der Waals surface area contributed by atoms with Crippen molar-refractivity contribution in [2.24, 2.45) is 7.05 Å². The number of nitrogens with one attached hydrogen (secondary N) is 1. The predicted octanol–water partition coefficient (Wildman–Crippen LogP) is 2.79. The molecule has 1 heterocycles. The normalized spacial score (nSPS) is 10.5. The number of hydrogen-bond donors (Lipinski definition) is 1. The third-order valence-electron chi connectivity index (χ3n) is 3.52. The van der Waals surface area contributed by atoms with Gasteiger partial charge in [-0.1, -0.05) is 12.1 Å². The zero-order valence-electron chi connectivity index (χ0n) is 13.1. The Balaban J connectivity index is 2.00. The van der Waals surface area contributed by atoms with Gasteiger partial charge in [0.2, 0.25) is 0 Å². The summed E-state index contributed by atoms with van der Waals surface area (Å²) in [7, 11) is 1.63. The number of benzene rings is 1. The van der Waals surface area contributed by atoms with Gasteiger partial charge >= 0.3 is 0 Å². The maximum absolute atomic E-state index is 11.8. The van der Waals surface area contributed by atoms with Gasteiger partial charge in [0, 0.05) is 32.4 Å². The molecule has 0 saturated carbocycles. The number of nitrogens with zero attached hydrogens (tertiary/aromatic N) is 3. The fourth-order valence-electron chi connectivity index (χ4n) is 2.25. The summed E-state index contributed by atoms with van der Waals surface area (Å²) in [6.07, 6.45) is 1.66. The molecule has 0 bridgehead atoms. The first-order valence-corrected chi connectivity index (χ1v) is 8.09. The monoisotopic (exact) mass is 364 g/mol. The number of aryl methyl sites for hydroxylation is 2. The SMILES string of the molecule is CCN(CCNc1cnn(C)c(=O)c1Br)c1cccc(C)c1. The van der Waals surface area contributed by atoms with E-state index in [-0.39, 0.29) is 5.56 Å². The summed E-state index contributed by atoms with van der Waals surface area (Å²) in [5, 5.41) is 7.29. The first-order chi connectivity index (χ1) is 10.5. The minimum atomic E-state index is -0.143. The molecular formula is C16H21BrN4O. The van der Waals surface area contributed by atoms with Crippen molar-refractivity contribution in [1.29, 1.82) is 0 Å². The van der Waals surface area contributed by atoms with Gasteiger partial charge in [0.05, 0.1) is 11.9 Å². The van der Waals surface area contributed by atoms with E-state index in [4.69, 9.17) is 0 Å². The van der Waals surface area contributed by atoms with E-state index in [9.17, 15) is 4.79 Å². The molecule has 0 aliphatic rings. The highest BCUT2D eigenvalue weighted by Crippen LogP contribution is 2.17. The van der Waals surface area contributed by atoms with Gasteiger partial charge in [0.15, 0.2) is 0 Å². The molecule has 0 spiro atoms. The van der Waals surface area contributed by atoms with Crippen LogP contribution in [0.25, 0.3) is 0 Å². The van der Waals surface area contributed by atoms with Crippen molar-refractivity contribution in [2.75, 3.05) is 29.9 Å². The Morgan fingerprint density at radius 3 is 2.86 bits per heavy atom. The third-order valence-corrected chi connectivity index (χ3v) is 4.29. The second-order valence-electron chi connectivity index (χ2n) is 5.15. The smallest absolute Gasteiger partial charge is 0.282 e. The first kappa shape index (κ1) is 16.5. The standard InChI is InChI=1S/C16H21BrN4O/c1-4-21(13-7-5-6-12(2)10-13)9-8-18-14-11-19-20(3)16(22)15(14)17/h5-7,10-11,18H,4,8-9H2,1-3H3. The summed E-state index contributed by atoms with van der Waals surface area (Å²) in [5.74, 6) is 0. The lowest BCUT2D eigenvalue weighted by Gasteiger charge is -2.24. The van der Waals surface area contributed by atoms with E-state index in [0.717, 1.165) is 25.3 Å². The van der Waals surface area contributed by atoms with Gasteiger partial charge in [-0.15, -0.1) is 0 Å².